The van der Waals surface area contributed by atoms with Crippen molar-refractivity contribution in [3.8, 4) is 0 Å². The second-order valence-electron chi connectivity index (χ2n) is 4.10. The fraction of sp³-hybridized carbons (Fsp3) is 0.154. The van der Waals surface area contributed by atoms with Gasteiger partial charge in [-0.2, -0.15) is 0 Å². The average Bonchev–Trinajstić information content (AvgIpc) is 2.38. The molecule has 1 aromatic carbocycles. The van der Waals surface area contributed by atoms with Crippen LogP contribution in [0.2, 0.25) is 0 Å². The zero-order valence-electron chi connectivity index (χ0n) is 10.3. The Morgan fingerprint density at radius 3 is 2.47 bits per heavy atom. The van der Waals surface area contributed by atoms with Crippen molar-refractivity contribution < 1.29 is 8.42 Å². The minimum absolute atomic E-state index is 0.292. The third-order valence-electron chi connectivity index (χ3n) is 2.53. The van der Waals surface area contributed by atoms with Crippen molar-refractivity contribution in [2.75, 3.05) is 11.6 Å². The molecule has 100 valence electrons. The van der Waals surface area contributed by atoms with E-state index >= 15 is 0 Å². The molecule has 0 amide bonds. The molecule has 0 saturated heterocycles. The Morgan fingerprint density at radius 1 is 1.21 bits per heavy atom. The monoisotopic (exact) mass is 296 g/mol. The normalized spacial score (nSPS) is 11.3. The summed E-state index contributed by atoms with van der Waals surface area (Å²) in [6.45, 7) is 0. The molecule has 19 heavy (non-hydrogen) atoms. The van der Waals surface area contributed by atoms with Crippen LogP contribution in [0, 0.1) is 0 Å². The lowest BCUT2D eigenvalue weighted by Gasteiger charge is -2.07. The number of rotatable bonds is 4. The Morgan fingerprint density at radius 2 is 1.89 bits per heavy atom. The molecule has 0 aliphatic heterocycles. The third-order valence-corrected chi connectivity index (χ3v) is 3.97. The van der Waals surface area contributed by atoms with Gasteiger partial charge in [0.05, 0.1) is 4.90 Å². The first kappa shape index (κ1) is 13.8. The van der Waals surface area contributed by atoms with E-state index in [2.05, 4.69) is 10.3 Å². The van der Waals surface area contributed by atoms with Gasteiger partial charge in [-0.1, -0.05) is 0 Å². The van der Waals surface area contributed by atoms with Crippen LogP contribution in [0.25, 0.3) is 0 Å². The Hall–Kier alpha value is -1.59. The molecule has 0 aliphatic rings. The van der Waals surface area contributed by atoms with Gasteiger partial charge in [-0.25, -0.2) is 13.4 Å². The minimum Gasteiger partial charge on any atom is -0.340 e. The summed E-state index contributed by atoms with van der Waals surface area (Å²) in [6, 6.07) is 10.2. The Labute approximate surface area is 117 Å². The van der Waals surface area contributed by atoms with Crippen molar-refractivity contribution >= 4 is 32.9 Å². The SMILES string of the molecule is CS(=O)(=O)c1ccc(Nc2cc(CCl)ccn2)cc1. The molecule has 0 unspecified atom stereocenters. The fourth-order valence-electron chi connectivity index (χ4n) is 1.56. The molecule has 0 spiro atoms. The molecule has 0 aliphatic carbocycles. The second kappa shape index (κ2) is 5.59. The molecule has 0 fully saturated rings. The van der Waals surface area contributed by atoms with Crippen LogP contribution in [-0.4, -0.2) is 19.7 Å². The number of hydrogen-bond acceptors (Lipinski definition) is 4. The first-order valence-electron chi connectivity index (χ1n) is 5.57. The van der Waals surface area contributed by atoms with Crippen LogP contribution in [0.4, 0.5) is 11.5 Å². The van der Waals surface area contributed by atoms with Gasteiger partial charge in [-0.15, -0.1) is 11.6 Å². The Balaban J connectivity index is 2.19. The summed E-state index contributed by atoms with van der Waals surface area (Å²) in [5.41, 5.74) is 1.73. The van der Waals surface area contributed by atoms with Gasteiger partial charge in [-0.05, 0) is 42.0 Å². The Kier molecular flexibility index (Phi) is 4.07. The number of nitrogens with one attached hydrogen (secondary N) is 1. The van der Waals surface area contributed by atoms with E-state index in [-0.39, 0.29) is 0 Å². The molecule has 0 bridgehead atoms. The highest BCUT2D eigenvalue weighted by molar-refractivity contribution is 7.90. The maximum atomic E-state index is 11.3. The molecule has 0 radical (unpaired) electrons. The molecular weight excluding hydrogens is 284 g/mol. The van der Waals surface area contributed by atoms with E-state index < -0.39 is 9.84 Å². The highest BCUT2D eigenvalue weighted by Gasteiger charge is 2.06. The molecule has 6 heteroatoms. The first-order valence-corrected chi connectivity index (χ1v) is 7.99. The van der Waals surface area contributed by atoms with Crippen LogP contribution in [0.15, 0.2) is 47.5 Å². The molecule has 1 aromatic heterocycles. The van der Waals surface area contributed by atoms with Gasteiger partial charge in [0.1, 0.15) is 5.82 Å². The van der Waals surface area contributed by atoms with E-state index in [1.54, 1.807) is 30.5 Å². The summed E-state index contributed by atoms with van der Waals surface area (Å²) < 4.78 is 22.7. The van der Waals surface area contributed by atoms with Gasteiger partial charge in [0.25, 0.3) is 0 Å². The smallest absolute Gasteiger partial charge is 0.175 e. The number of alkyl halides is 1. The largest absolute Gasteiger partial charge is 0.340 e. The lowest BCUT2D eigenvalue weighted by Crippen LogP contribution is -1.98. The van der Waals surface area contributed by atoms with Crippen LogP contribution in [0.5, 0.6) is 0 Å². The number of hydrogen-bond donors (Lipinski definition) is 1. The van der Waals surface area contributed by atoms with Crippen molar-refractivity contribution in [1.82, 2.24) is 4.98 Å². The quantitative estimate of drug-likeness (QED) is 0.881. The number of halogens is 1. The zero-order chi connectivity index (χ0) is 13.9. The number of anilines is 2. The van der Waals surface area contributed by atoms with E-state index in [0.29, 0.717) is 16.6 Å². The van der Waals surface area contributed by atoms with Gasteiger partial charge in [0.2, 0.25) is 0 Å². The minimum atomic E-state index is -3.16. The molecule has 1 heterocycles. The summed E-state index contributed by atoms with van der Waals surface area (Å²) >= 11 is 5.75. The standard InChI is InChI=1S/C13H13ClN2O2S/c1-19(17,18)12-4-2-11(3-5-12)16-13-8-10(9-14)6-7-15-13/h2-8H,9H2,1H3,(H,15,16). The van der Waals surface area contributed by atoms with Crippen molar-refractivity contribution in [1.29, 1.82) is 0 Å². The summed E-state index contributed by atoms with van der Waals surface area (Å²) in [4.78, 5) is 4.46. The molecule has 1 N–H and O–H groups in total. The fourth-order valence-corrected chi connectivity index (χ4v) is 2.36. The van der Waals surface area contributed by atoms with Gasteiger partial charge < -0.3 is 5.32 Å². The van der Waals surface area contributed by atoms with Crippen molar-refractivity contribution in [3.05, 3.63) is 48.2 Å². The van der Waals surface area contributed by atoms with Gasteiger partial charge in [0.15, 0.2) is 9.84 Å². The maximum Gasteiger partial charge on any atom is 0.175 e. The highest BCUT2D eigenvalue weighted by Crippen LogP contribution is 2.18. The lowest BCUT2D eigenvalue weighted by molar-refractivity contribution is 0.602. The van der Waals surface area contributed by atoms with Crippen LogP contribution in [0.3, 0.4) is 0 Å². The van der Waals surface area contributed by atoms with Crippen LogP contribution < -0.4 is 5.32 Å². The zero-order valence-corrected chi connectivity index (χ0v) is 11.9. The third kappa shape index (κ3) is 3.68. The summed E-state index contributed by atoms with van der Waals surface area (Å²) in [6.07, 6.45) is 2.85. The lowest BCUT2D eigenvalue weighted by atomic mass is 10.3. The van der Waals surface area contributed by atoms with E-state index in [1.165, 1.54) is 6.26 Å². The molecule has 4 nitrogen and oxygen atoms in total. The van der Waals surface area contributed by atoms with E-state index in [0.717, 1.165) is 11.3 Å². The molecule has 2 rings (SSSR count). The number of benzene rings is 1. The highest BCUT2D eigenvalue weighted by atomic mass is 35.5. The van der Waals surface area contributed by atoms with E-state index in [4.69, 9.17) is 11.6 Å². The van der Waals surface area contributed by atoms with Crippen LogP contribution in [0.1, 0.15) is 5.56 Å². The van der Waals surface area contributed by atoms with Crippen molar-refractivity contribution in [3.63, 3.8) is 0 Å². The first-order chi connectivity index (χ1) is 8.99. The summed E-state index contributed by atoms with van der Waals surface area (Å²) in [5.74, 6) is 1.09. The average molecular weight is 297 g/mol. The van der Waals surface area contributed by atoms with E-state index in [9.17, 15) is 8.42 Å². The van der Waals surface area contributed by atoms with Crippen LogP contribution in [-0.2, 0) is 15.7 Å². The number of aromatic nitrogens is 1. The summed E-state index contributed by atoms with van der Waals surface area (Å²) in [7, 11) is -3.16. The van der Waals surface area contributed by atoms with Crippen molar-refractivity contribution in [2.24, 2.45) is 0 Å². The van der Waals surface area contributed by atoms with Gasteiger partial charge in [0, 0.05) is 24.0 Å². The summed E-state index contributed by atoms with van der Waals surface area (Å²) in [5, 5.41) is 3.09. The van der Waals surface area contributed by atoms with Gasteiger partial charge in [-0.3, -0.25) is 0 Å². The predicted octanol–water partition coefficient (Wildman–Crippen LogP) is 2.97. The second-order valence-corrected chi connectivity index (χ2v) is 6.39. The number of nitrogens with zero attached hydrogens (tertiary/aromatic N) is 1. The number of pyridine rings is 1. The Bertz CT molecular complexity index is 669. The molecule has 0 atom stereocenters. The topological polar surface area (TPSA) is 59.1 Å². The van der Waals surface area contributed by atoms with Gasteiger partial charge >= 0.3 is 0 Å². The van der Waals surface area contributed by atoms with E-state index in [1.807, 2.05) is 12.1 Å². The molecule has 0 saturated carbocycles. The number of sulfone groups is 1. The molecular formula is C13H13ClN2O2S. The molecule has 2 aromatic rings. The van der Waals surface area contributed by atoms with Crippen LogP contribution >= 0.6 is 11.6 Å². The predicted molar refractivity (Wildman–Crippen MR) is 76.6 cm³/mol. The maximum absolute atomic E-state index is 11.3. The van der Waals surface area contributed by atoms with Crippen molar-refractivity contribution in [2.45, 2.75) is 10.8 Å².